The maximum absolute atomic E-state index is 6.80. The van der Waals surface area contributed by atoms with Crippen LogP contribution in [0.25, 0.3) is 102 Å². The highest BCUT2D eigenvalue weighted by Crippen LogP contribution is 2.35. The summed E-state index contributed by atoms with van der Waals surface area (Å²) in [6.45, 7) is 10.1. The first-order chi connectivity index (χ1) is 48.3. The molecule has 2 unspecified atom stereocenters. The van der Waals surface area contributed by atoms with E-state index >= 15 is 0 Å². The molecule has 482 valence electrons. The number of pyridine rings is 6. The van der Waals surface area contributed by atoms with E-state index < -0.39 is 0 Å². The topological polar surface area (TPSA) is 157 Å². The lowest BCUT2D eigenvalue weighted by Gasteiger charge is -2.19. The lowest BCUT2D eigenvalue weighted by atomic mass is 10.00. The largest absolute Gasteiger partial charge is 0.492 e. The monoisotopic (exact) mass is 1280 g/mol. The van der Waals surface area contributed by atoms with Gasteiger partial charge >= 0.3 is 0 Å². The SMILES string of the molecule is CCCCC(CC)COc1cc(C#Cc2ccc(-n3cc(-c4ccc(-c5cc(-c6ccccn6)nc(-c6ccccn6)c5)cc4)nn3)cc2)c(OCC(CC)CCCC)cc1C#Cc1ccc(-n2cc(-c3ccc(-c4cc(-c5ccccn5)nc(-c5ccccn5)c4)cc3)nn2)cc1. The smallest absolute Gasteiger partial charge is 0.136 e. The predicted molar refractivity (Wildman–Crippen MR) is 389 cm³/mol. The lowest BCUT2D eigenvalue weighted by molar-refractivity contribution is 0.227. The standard InChI is InChI=1S/C84H74N12O2/c1-5-9-19-59(7-3)57-97-83-53-68(32-26-62-29-43-72(44-30-62)96-56-82(92-94-96)66-39-35-64(36-40-66)70-51-79(75-23-13-17-47-87-75)90-80(52-70)76-24-14-18-48-88-76)84(98-58-60(8-4)20-10-6-2)54-67(83)31-25-61-27-41-71(42-28-61)95-55-81(91-93-95)65-37-33-63(34-38-65)69-49-77(73-21-11-15-45-85-73)89-78(50-69)74-22-12-16-46-86-74/h11-18,21-24,27-30,33-56,59-60H,5-10,19-20,57-58H2,1-4H3. The third-order valence-corrected chi connectivity index (χ3v) is 17.4. The molecule has 2 atom stereocenters. The molecule has 98 heavy (non-hydrogen) atoms. The summed E-state index contributed by atoms with van der Waals surface area (Å²) in [6, 6.07) is 68.5. The van der Waals surface area contributed by atoms with Crippen LogP contribution in [0.5, 0.6) is 11.5 Å². The Hall–Kier alpha value is -12.0. The minimum Gasteiger partial charge on any atom is -0.492 e. The van der Waals surface area contributed by atoms with Crippen LogP contribution in [-0.2, 0) is 0 Å². The van der Waals surface area contributed by atoms with Crippen LogP contribution in [0.15, 0.2) is 243 Å². The van der Waals surface area contributed by atoms with Gasteiger partial charge in [0.05, 0.1) is 93.7 Å². The summed E-state index contributed by atoms with van der Waals surface area (Å²) in [4.78, 5) is 28.2. The Bertz CT molecular complexity index is 4480. The van der Waals surface area contributed by atoms with E-state index in [1.807, 2.05) is 146 Å². The van der Waals surface area contributed by atoms with Crippen molar-refractivity contribution in [2.45, 2.75) is 79.1 Å². The van der Waals surface area contributed by atoms with Crippen molar-refractivity contribution >= 4 is 0 Å². The van der Waals surface area contributed by atoms with Gasteiger partial charge in [-0.15, -0.1) is 10.2 Å². The number of rotatable bonds is 24. The molecule has 5 aromatic carbocycles. The second-order valence-electron chi connectivity index (χ2n) is 24.3. The highest BCUT2D eigenvalue weighted by molar-refractivity contribution is 5.78. The number of hydrogen-bond donors (Lipinski definition) is 0. The molecule has 8 heterocycles. The molecule has 0 N–H and O–H groups in total. The number of unbranched alkanes of at least 4 members (excludes halogenated alkanes) is 2. The van der Waals surface area contributed by atoms with Gasteiger partial charge in [0.25, 0.3) is 0 Å². The van der Waals surface area contributed by atoms with Gasteiger partial charge in [-0.2, -0.15) is 0 Å². The molecule has 14 nitrogen and oxygen atoms in total. The van der Waals surface area contributed by atoms with Crippen LogP contribution in [0.4, 0.5) is 0 Å². The molecule has 13 rings (SSSR count). The van der Waals surface area contributed by atoms with Gasteiger partial charge in [-0.05, 0) is 168 Å². The number of ether oxygens (including phenoxy) is 2. The first kappa shape index (κ1) is 64.7. The van der Waals surface area contributed by atoms with Gasteiger partial charge in [0.1, 0.15) is 22.9 Å². The summed E-state index contributed by atoms with van der Waals surface area (Å²) in [5.41, 5.74) is 18.6. The highest BCUT2D eigenvalue weighted by atomic mass is 16.5. The Labute approximate surface area is 573 Å². The summed E-state index contributed by atoms with van der Waals surface area (Å²) < 4.78 is 17.2. The average molecular weight is 1280 g/mol. The third kappa shape index (κ3) is 16.0. The number of nitrogens with zero attached hydrogens (tertiary/aromatic N) is 12. The van der Waals surface area contributed by atoms with Crippen molar-refractivity contribution in [2.75, 3.05) is 13.2 Å². The second-order valence-corrected chi connectivity index (χ2v) is 24.3. The van der Waals surface area contributed by atoms with Crippen molar-refractivity contribution in [1.29, 1.82) is 0 Å². The van der Waals surface area contributed by atoms with Gasteiger partial charge in [0.15, 0.2) is 0 Å². The number of benzene rings is 5. The Morgan fingerprint density at radius 1 is 0.347 bits per heavy atom. The van der Waals surface area contributed by atoms with Crippen molar-refractivity contribution in [3.8, 4) is 137 Å². The first-order valence-corrected chi connectivity index (χ1v) is 33.8. The molecule has 0 aliphatic carbocycles. The quantitative estimate of drug-likeness (QED) is 0.0528. The van der Waals surface area contributed by atoms with Crippen molar-refractivity contribution in [3.63, 3.8) is 0 Å². The number of hydrogen-bond acceptors (Lipinski definition) is 12. The van der Waals surface area contributed by atoms with E-state index in [-0.39, 0.29) is 0 Å². The van der Waals surface area contributed by atoms with Gasteiger partial charge in [0, 0.05) is 59.2 Å². The fourth-order valence-electron chi connectivity index (χ4n) is 11.6. The lowest BCUT2D eigenvalue weighted by Crippen LogP contribution is -2.13. The summed E-state index contributed by atoms with van der Waals surface area (Å²) in [5, 5.41) is 18.3. The molecule has 13 aromatic rings. The van der Waals surface area contributed by atoms with Crippen molar-refractivity contribution in [2.24, 2.45) is 11.8 Å². The first-order valence-electron chi connectivity index (χ1n) is 33.8. The zero-order valence-corrected chi connectivity index (χ0v) is 55.5. The fourth-order valence-corrected chi connectivity index (χ4v) is 11.6. The molecular formula is C84H74N12O2. The zero-order valence-electron chi connectivity index (χ0n) is 55.5. The van der Waals surface area contributed by atoms with Gasteiger partial charge in [-0.3, -0.25) is 19.9 Å². The molecule has 0 saturated carbocycles. The van der Waals surface area contributed by atoms with Gasteiger partial charge in [0.2, 0.25) is 0 Å². The van der Waals surface area contributed by atoms with Crippen molar-refractivity contribution < 1.29 is 9.47 Å². The molecule has 0 spiro atoms. The summed E-state index contributed by atoms with van der Waals surface area (Å²) in [7, 11) is 0. The van der Waals surface area contributed by atoms with Gasteiger partial charge in [-0.1, -0.05) is 173 Å². The molecular weight excluding hydrogens is 1210 g/mol. The van der Waals surface area contributed by atoms with Crippen LogP contribution >= 0.6 is 0 Å². The summed E-state index contributed by atoms with van der Waals surface area (Å²) >= 11 is 0. The van der Waals surface area contributed by atoms with Crippen LogP contribution in [-0.4, -0.2) is 73.1 Å². The minimum absolute atomic E-state index is 0.400. The van der Waals surface area contributed by atoms with E-state index in [9.17, 15) is 0 Å². The molecule has 0 bridgehead atoms. The molecule has 0 fully saturated rings. The molecule has 0 saturated heterocycles. The van der Waals surface area contributed by atoms with Gasteiger partial charge in [-0.25, -0.2) is 19.3 Å². The molecule has 0 radical (unpaired) electrons. The summed E-state index contributed by atoms with van der Waals surface area (Å²) in [5.74, 6) is 16.1. The maximum Gasteiger partial charge on any atom is 0.136 e. The second kappa shape index (κ2) is 31.5. The Morgan fingerprint density at radius 2 is 0.694 bits per heavy atom. The molecule has 8 aromatic heterocycles. The van der Waals surface area contributed by atoms with E-state index in [0.29, 0.717) is 36.5 Å². The van der Waals surface area contributed by atoms with E-state index in [1.165, 1.54) is 0 Å². The van der Waals surface area contributed by atoms with E-state index in [0.717, 1.165) is 175 Å². The Balaban J connectivity index is 0.734. The Morgan fingerprint density at radius 3 is 1.01 bits per heavy atom. The Kier molecular flexibility index (Phi) is 20.8. The molecule has 0 aliphatic heterocycles. The molecule has 14 heteroatoms. The van der Waals surface area contributed by atoms with Gasteiger partial charge < -0.3 is 9.47 Å². The third-order valence-electron chi connectivity index (χ3n) is 17.4. The van der Waals surface area contributed by atoms with Crippen LogP contribution in [0.2, 0.25) is 0 Å². The molecule has 0 aliphatic rings. The predicted octanol–water partition coefficient (Wildman–Crippen LogP) is 18.5. The maximum atomic E-state index is 6.80. The zero-order chi connectivity index (χ0) is 66.8. The van der Waals surface area contributed by atoms with Crippen molar-refractivity contribution in [3.05, 3.63) is 266 Å². The van der Waals surface area contributed by atoms with E-state index in [1.54, 1.807) is 34.2 Å². The van der Waals surface area contributed by atoms with Crippen LogP contribution in [0, 0.1) is 35.5 Å². The highest BCUT2D eigenvalue weighted by Gasteiger charge is 2.18. The van der Waals surface area contributed by atoms with E-state index in [2.05, 4.69) is 165 Å². The van der Waals surface area contributed by atoms with Crippen LogP contribution in [0.3, 0.4) is 0 Å². The van der Waals surface area contributed by atoms with Crippen LogP contribution < -0.4 is 9.47 Å². The summed E-state index contributed by atoms with van der Waals surface area (Å²) in [6.07, 6.45) is 19.8. The molecule has 0 amide bonds. The normalized spacial score (nSPS) is 11.6. The minimum atomic E-state index is 0.400. The average Bonchev–Trinajstić information content (AvgIpc) is 1.39. The fraction of sp³-hybridized carbons (Fsp3) is 0.190. The van der Waals surface area contributed by atoms with Crippen LogP contribution in [0.1, 0.15) is 101 Å². The number of aromatic nitrogens is 12. The van der Waals surface area contributed by atoms with Crippen molar-refractivity contribution in [1.82, 2.24) is 59.9 Å². The van der Waals surface area contributed by atoms with E-state index in [4.69, 9.17) is 19.4 Å².